The highest BCUT2D eigenvalue weighted by Gasteiger charge is 2.16. The number of nitrogens with zero attached hydrogens (tertiary/aromatic N) is 1. The molecule has 7 heteroatoms. The normalized spacial score (nSPS) is 11.0. The van der Waals surface area contributed by atoms with E-state index in [0.29, 0.717) is 16.8 Å². The van der Waals surface area contributed by atoms with E-state index in [9.17, 15) is 19.7 Å². The van der Waals surface area contributed by atoms with Gasteiger partial charge in [0.15, 0.2) is 0 Å². The molecular weight excluding hydrogens is 394 g/mol. The molecule has 156 valence electrons. The quantitative estimate of drug-likeness (QED) is 0.348. The summed E-state index contributed by atoms with van der Waals surface area (Å²) < 4.78 is 0. The first-order valence-corrected chi connectivity index (χ1v) is 9.54. The Hall–Kier alpha value is -4.26. The highest BCUT2D eigenvalue weighted by atomic mass is 16.6. The molecule has 2 N–H and O–H groups in total. The third kappa shape index (κ3) is 5.86. The van der Waals surface area contributed by atoms with Crippen molar-refractivity contribution in [2.75, 3.05) is 5.32 Å². The molecular formula is C24H21N3O4. The fourth-order valence-electron chi connectivity index (χ4n) is 2.87. The minimum absolute atomic E-state index is 0.0346. The van der Waals surface area contributed by atoms with Crippen molar-refractivity contribution < 1.29 is 14.5 Å². The van der Waals surface area contributed by atoms with Gasteiger partial charge in [-0.25, -0.2) is 0 Å². The van der Waals surface area contributed by atoms with Gasteiger partial charge >= 0.3 is 0 Å². The third-order valence-electron chi connectivity index (χ3n) is 4.47. The SMILES string of the molecule is Cc1ccc(C(=O)N/C(=C/c2cccc([N+](=O)[O-])c2)C(=O)Nc2cccc(C)c2)cc1. The average molecular weight is 415 g/mol. The lowest BCUT2D eigenvalue weighted by atomic mass is 10.1. The van der Waals surface area contributed by atoms with Gasteiger partial charge in [0.1, 0.15) is 5.70 Å². The number of aryl methyl sites for hydroxylation is 2. The molecule has 0 saturated carbocycles. The largest absolute Gasteiger partial charge is 0.321 e. The number of nitrogens with one attached hydrogen (secondary N) is 2. The number of anilines is 1. The van der Waals surface area contributed by atoms with Gasteiger partial charge in [0.05, 0.1) is 4.92 Å². The molecule has 0 aromatic heterocycles. The Balaban J connectivity index is 1.93. The summed E-state index contributed by atoms with van der Waals surface area (Å²) in [5, 5.41) is 16.4. The highest BCUT2D eigenvalue weighted by molar-refractivity contribution is 6.10. The number of rotatable bonds is 6. The summed E-state index contributed by atoms with van der Waals surface area (Å²) in [4.78, 5) is 36.2. The van der Waals surface area contributed by atoms with Crippen molar-refractivity contribution in [1.29, 1.82) is 0 Å². The molecule has 0 fully saturated rings. The summed E-state index contributed by atoms with van der Waals surface area (Å²) in [5.41, 5.74) is 3.18. The van der Waals surface area contributed by atoms with Crippen LogP contribution in [0, 0.1) is 24.0 Å². The maximum absolute atomic E-state index is 12.9. The van der Waals surface area contributed by atoms with Crippen molar-refractivity contribution in [2.45, 2.75) is 13.8 Å². The Labute approximate surface area is 179 Å². The van der Waals surface area contributed by atoms with Crippen LogP contribution in [-0.2, 0) is 4.79 Å². The highest BCUT2D eigenvalue weighted by Crippen LogP contribution is 2.17. The van der Waals surface area contributed by atoms with E-state index in [1.807, 2.05) is 19.9 Å². The average Bonchev–Trinajstić information content (AvgIpc) is 2.74. The van der Waals surface area contributed by atoms with Crippen molar-refractivity contribution in [3.63, 3.8) is 0 Å². The van der Waals surface area contributed by atoms with Crippen LogP contribution in [0.2, 0.25) is 0 Å². The molecule has 0 bridgehead atoms. The van der Waals surface area contributed by atoms with Crippen LogP contribution in [0.5, 0.6) is 0 Å². The lowest BCUT2D eigenvalue weighted by Gasteiger charge is -2.12. The van der Waals surface area contributed by atoms with Gasteiger partial charge in [-0.05, 0) is 55.3 Å². The first kappa shape index (κ1) is 21.4. The van der Waals surface area contributed by atoms with Crippen LogP contribution in [0.1, 0.15) is 27.0 Å². The Morgan fingerprint density at radius 2 is 1.61 bits per heavy atom. The van der Waals surface area contributed by atoms with E-state index >= 15 is 0 Å². The maximum Gasteiger partial charge on any atom is 0.272 e. The number of amides is 2. The molecule has 0 aliphatic heterocycles. The zero-order valence-electron chi connectivity index (χ0n) is 17.1. The predicted molar refractivity (Wildman–Crippen MR) is 120 cm³/mol. The number of nitro groups is 1. The van der Waals surface area contributed by atoms with Gasteiger partial charge < -0.3 is 10.6 Å². The standard InChI is InChI=1S/C24H21N3O4/c1-16-9-11-19(12-10-16)23(28)26-22(15-18-6-4-8-21(14-18)27(30)31)24(29)25-20-7-3-5-17(2)13-20/h3-15H,1-2H3,(H,25,29)(H,26,28)/b22-15+. The first-order valence-electron chi connectivity index (χ1n) is 9.54. The molecule has 0 heterocycles. The van der Waals surface area contributed by atoms with E-state index in [1.54, 1.807) is 48.5 Å². The number of benzene rings is 3. The molecule has 0 aliphatic rings. The van der Waals surface area contributed by atoms with Gasteiger partial charge in [-0.15, -0.1) is 0 Å². The van der Waals surface area contributed by atoms with Crippen LogP contribution in [0.4, 0.5) is 11.4 Å². The van der Waals surface area contributed by atoms with Crippen LogP contribution in [0.25, 0.3) is 6.08 Å². The molecule has 3 aromatic carbocycles. The summed E-state index contributed by atoms with van der Waals surface area (Å²) in [6, 6.07) is 20.0. The molecule has 0 radical (unpaired) electrons. The van der Waals surface area contributed by atoms with Gasteiger partial charge in [-0.2, -0.15) is 0 Å². The second kappa shape index (κ2) is 9.49. The fraction of sp³-hybridized carbons (Fsp3) is 0.0833. The van der Waals surface area contributed by atoms with Crippen molar-refractivity contribution in [2.24, 2.45) is 0 Å². The number of carbonyl (C=O) groups excluding carboxylic acids is 2. The second-order valence-electron chi connectivity index (χ2n) is 7.05. The maximum atomic E-state index is 12.9. The molecule has 0 saturated heterocycles. The van der Waals surface area contributed by atoms with Crippen molar-refractivity contribution in [1.82, 2.24) is 5.32 Å². The summed E-state index contributed by atoms with van der Waals surface area (Å²) in [7, 11) is 0. The van der Waals surface area contributed by atoms with Crippen LogP contribution >= 0.6 is 0 Å². The van der Waals surface area contributed by atoms with Gasteiger partial charge in [0.25, 0.3) is 17.5 Å². The summed E-state index contributed by atoms with van der Waals surface area (Å²) in [5.74, 6) is -1.01. The Morgan fingerprint density at radius 1 is 0.903 bits per heavy atom. The monoisotopic (exact) mass is 415 g/mol. The van der Waals surface area contributed by atoms with Crippen LogP contribution in [-0.4, -0.2) is 16.7 Å². The first-order chi connectivity index (χ1) is 14.8. The topological polar surface area (TPSA) is 101 Å². The van der Waals surface area contributed by atoms with E-state index in [1.165, 1.54) is 24.3 Å². The zero-order chi connectivity index (χ0) is 22.4. The van der Waals surface area contributed by atoms with Crippen molar-refractivity contribution >= 4 is 29.3 Å². The number of nitro benzene ring substituents is 1. The molecule has 3 rings (SSSR count). The Morgan fingerprint density at radius 3 is 2.29 bits per heavy atom. The van der Waals surface area contributed by atoms with Crippen LogP contribution in [0.15, 0.2) is 78.5 Å². The molecule has 0 spiro atoms. The lowest BCUT2D eigenvalue weighted by molar-refractivity contribution is -0.384. The summed E-state index contributed by atoms with van der Waals surface area (Å²) in [6.07, 6.45) is 1.41. The Bertz CT molecular complexity index is 1170. The molecule has 0 aliphatic carbocycles. The van der Waals surface area contributed by atoms with E-state index in [2.05, 4.69) is 10.6 Å². The number of carbonyl (C=O) groups is 2. The van der Waals surface area contributed by atoms with Crippen LogP contribution in [0.3, 0.4) is 0 Å². The molecule has 7 nitrogen and oxygen atoms in total. The van der Waals surface area contributed by atoms with Crippen LogP contribution < -0.4 is 10.6 Å². The molecule has 3 aromatic rings. The molecule has 31 heavy (non-hydrogen) atoms. The minimum Gasteiger partial charge on any atom is -0.321 e. The minimum atomic E-state index is -0.544. The molecule has 0 unspecified atom stereocenters. The molecule has 2 amide bonds. The number of hydrogen-bond donors (Lipinski definition) is 2. The summed E-state index contributed by atoms with van der Waals surface area (Å²) >= 11 is 0. The molecule has 0 atom stereocenters. The van der Waals surface area contributed by atoms with E-state index in [0.717, 1.165) is 11.1 Å². The summed E-state index contributed by atoms with van der Waals surface area (Å²) in [6.45, 7) is 3.80. The predicted octanol–water partition coefficient (Wildman–Crippen LogP) is 4.62. The Kier molecular flexibility index (Phi) is 6.57. The van der Waals surface area contributed by atoms with Crippen molar-refractivity contribution in [3.05, 3.63) is 111 Å². The third-order valence-corrected chi connectivity index (χ3v) is 4.47. The lowest BCUT2D eigenvalue weighted by Crippen LogP contribution is -2.30. The number of non-ortho nitro benzene ring substituents is 1. The smallest absolute Gasteiger partial charge is 0.272 e. The number of hydrogen-bond acceptors (Lipinski definition) is 4. The zero-order valence-corrected chi connectivity index (χ0v) is 17.1. The fourth-order valence-corrected chi connectivity index (χ4v) is 2.87. The van der Waals surface area contributed by atoms with E-state index in [-0.39, 0.29) is 11.4 Å². The van der Waals surface area contributed by atoms with Gasteiger partial charge in [0, 0.05) is 23.4 Å². The second-order valence-corrected chi connectivity index (χ2v) is 7.05. The van der Waals surface area contributed by atoms with E-state index in [4.69, 9.17) is 0 Å². The van der Waals surface area contributed by atoms with Crippen molar-refractivity contribution in [3.8, 4) is 0 Å². The van der Waals surface area contributed by atoms with Gasteiger partial charge in [0.2, 0.25) is 0 Å². The van der Waals surface area contributed by atoms with E-state index < -0.39 is 16.7 Å². The van der Waals surface area contributed by atoms with Gasteiger partial charge in [-0.3, -0.25) is 19.7 Å². The van der Waals surface area contributed by atoms with Gasteiger partial charge in [-0.1, -0.05) is 42.0 Å².